The molecule has 1 N–H and O–H groups in total. The van der Waals surface area contributed by atoms with E-state index < -0.39 is 0 Å². The number of hydrogen-bond acceptors (Lipinski definition) is 7. The summed E-state index contributed by atoms with van der Waals surface area (Å²) >= 11 is 0. The van der Waals surface area contributed by atoms with Crippen molar-refractivity contribution in [1.29, 1.82) is 5.26 Å². The lowest BCUT2D eigenvalue weighted by Gasteiger charge is -2.11. The Balaban J connectivity index is 1.49. The third-order valence-corrected chi connectivity index (χ3v) is 5.07. The van der Waals surface area contributed by atoms with Gasteiger partial charge < -0.3 is 19.3 Å². The molecule has 1 amide bonds. The molecule has 0 fully saturated rings. The molecule has 4 rings (SSSR count). The van der Waals surface area contributed by atoms with E-state index in [-0.39, 0.29) is 12.3 Å². The van der Waals surface area contributed by atoms with Crippen LogP contribution >= 0.6 is 0 Å². The Hall–Kier alpha value is -4.38. The first-order chi connectivity index (χ1) is 15.5. The second kappa shape index (κ2) is 8.78. The number of carbonyl (C=O) groups is 1. The quantitative estimate of drug-likeness (QED) is 0.474. The molecular formula is C24H20N4O4. The molecule has 4 aromatic rings. The van der Waals surface area contributed by atoms with Gasteiger partial charge in [0.1, 0.15) is 29.1 Å². The number of nitrogens with one attached hydrogen (secondary N) is 1. The van der Waals surface area contributed by atoms with E-state index in [0.717, 1.165) is 11.1 Å². The van der Waals surface area contributed by atoms with Gasteiger partial charge in [0.2, 0.25) is 5.91 Å². The Morgan fingerprint density at radius 3 is 2.59 bits per heavy atom. The van der Waals surface area contributed by atoms with Gasteiger partial charge in [0, 0.05) is 23.2 Å². The number of aryl methyl sites for hydroxylation is 1. The molecule has 2 heterocycles. The van der Waals surface area contributed by atoms with Crippen molar-refractivity contribution in [3.63, 3.8) is 0 Å². The highest BCUT2D eigenvalue weighted by molar-refractivity contribution is 5.92. The lowest BCUT2D eigenvalue weighted by Crippen LogP contribution is -2.15. The third-order valence-electron chi connectivity index (χ3n) is 5.07. The minimum absolute atomic E-state index is 0.187. The topological polar surface area (TPSA) is 110 Å². The molecule has 0 saturated carbocycles. The molecule has 0 bridgehead atoms. The van der Waals surface area contributed by atoms with Crippen LogP contribution in [0, 0.1) is 25.2 Å². The van der Waals surface area contributed by atoms with Crippen molar-refractivity contribution in [1.82, 2.24) is 10.1 Å². The molecule has 2 aromatic heterocycles. The summed E-state index contributed by atoms with van der Waals surface area (Å²) in [6.07, 6.45) is 1.82. The van der Waals surface area contributed by atoms with Gasteiger partial charge in [-0.05, 0) is 43.7 Å². The van der Waals surface area contributed by atoms with E-state index in [1.807, 2.05) is 19.1 Å². The summed E-state index contributed by atoms with van der Waals surface area (Å²) < 4.78 is 16.3. The highest BCUT2D eigenvalue weighted by Gasteiger charge is 2.13. The number of pyridine rings is 1. The van der Waals surface area contributed by atoms with Crippen molar-refractivity contribution >= 4 is 22.6 Å². The van der Waals surface area contributed by atoms with Crippen LogP contribution in [0.25, 0.3) is 10.9 Å². The molecular weight excluding hydrogens is 408 g/mol. The Labute approximate surface area is 184 Å². The van der Waals surface area contributed by atoms with Crippen LogP contribution < -0.4 is 14.8 Å². The maximum absolute atomic E-state index is 12.3. The van der Waals surface area contributed by atoms with Crippen molar-refractivity contribution in [2.24, 2.45) is 0 Å². The number of fused-ring (bicyclic) bond motifs is 1. The van der Waals surface area contributed by atoms with Crippen molar-refractivity contribution in [2.45, 2.75) is 20.3 Å². The Morgan fingerprint density at radius 1 is 1.16 bits per heavy atom. The van der Waals surface area contributed by atoms with Crippen LogP contribution in [0.2, 0.25) is 0 Å². The largest absolute Gasteiger partial charge is 0.495 e. The summed E-state index contributed by atoms with van der Waals surface area (Å²) in [7, 11) is 1.51. The number of hydrogen-bond donors (Lipinski definition) is 1. The molecule has 32 heavy (non-hydrogen) atoms. The van der Waals surface area contributed by atoms with Gasteiger partial charge in [-0.1, -0.05) is 17.3 Å². The SMILES string of the molecule is COc1cc2nccc(Oc3ccc(CC(=O)Nc4noc(C)c4C)cc3)c2cc1C#N. The number of amides is 1. The van der Waals surface area contributed by atoms with Crippen LogP contribution in [0.1, 0.15) is 22.5 Å². The van der Waals surface area contributed by atoms with E-state index in [2.05, 4.69) is 21.5 Å². The van der Waals surface area contributed by atoms with E-state index >= 15 is 0 Å². The summed E-state index contributed by atoms with van der Waals surface area (Å²) in [6, 6.07) is 14.5. The number of nitriles is 1. The van der Waals surface area contributed by atoms with Gasteiger partial charge in [0.05, 0.1) is 24.6 Å². The standard InChI is InChI=1S/C24H20N4O4/c1-14-15(2)32-28-24(14)27-23(29)10-16-4-6-18(7-5-16)31-21-8-9-26-20-12-22(30-3)17(13-25)11-19(20)21/h4-9,11-12H,10H2,1-3H3,(H,27,28,29). The van der Waals surface area contributed by atoms with E-state index in [0.29, 0.717) is 45.3 Å². The zero-order valence-corrected chi connectivity index (χ0v) is 17.8. The van der Waals surface area contributed by atoms with Crippen LogP contribution in [-0.4, -0.2) is 23.2 Å². The summed E-state index contributed by atoms with van der Waals surface area (Å²) in [5.74, 6) is 2.54. The van der Waals surface area contributed by atoms with E-state index in [1.54, 1.807) is 43.5 Å². The van der Waals surface area contributed by atoms with Crippen LogP contribution in [-0.2, 0) is 11.2 Å². The summed E-state index contributed by atoms with van der Waals surface area (Å²) in [6.45, 7) is 3.63. The van der Waals surface area contributed by atoms with Crippen LogP contribution in [0.3, 0.4) is 0 Å². The van der Waals surface area contributed by atoms with Crippen molar-refractivity contribution in [3.8, 4) is 23.3 Å². The van der Waals surface area contributed by atoms with Gasteiger partial charge in [0.15, 0.2) is 5.82 Å². The number of methoxy groups -OCH3 is 1. The van der Waals surface area contributed by atoms with E-state index in [4.69, 9.17) is 14.0 Å². The third kappa shape index (κ3) is 4.23. The zero-order valence-electron chi connectivity index (χ0n) is 17.8. The Morgan fingerprint density at radius 2 is 1.94 bits per heavy atom. The van der Waals surface area contributed by atoms with Gasteiger partial charge >= 0.3 is 0 Å². The van der Waals surface area contributed by atoms with E-state index in [9.17, 15) is 10.1 Å². The lowest BCUT2D eigenvalue weighted by atomic mass is 10.1. The van der Waals surface area contributed by atoms with Crippen molar-refractivity contribution in [3.05, 3.63) is 71.1 Å². The molecule has 0 spiro atoms. The maximum atomic E-state index is 12.3. The van der Waals surface area contributed by atoms with Crippen molar-refractivity contribution < 1.29 is 18.8 Å². The molecule has 0 aliphatic heterocycles. The van der Waals surface area contributed by atoms with Crippen LogP contribution in [0.4, 0.5) is 5.82 Å². The molecule has 8 heteroatoms. The number of aromatic nitrogens is 2. The number of rotatable bonds is 6. The molecule has 0 unspecified atom stereocenters. The molecule has 0 saturated heterocycles. The number of nitrogens with zero attached hydrogens (tertiary/aromatic N) is 3. The number of ether oxygens (including phenoxy) is 2. The first kappa shape index (κ1) is 20.9. The molecule has 0 atom stereocenters. The van der Waals surface area contributed by atoms with Gasteiger partial charge in [0.25, 0.3) is 0 Å². The molecule has 0 aliphatic rings. The highest BCUT2D eigenvalue weighted by Crippen LogP contribution is 2.33. The second-order valence-corrected chi connectivity index (χ2v) is 7.17. The first-order valence-electron chi connectivity index (χ1n) is 9.85. The number of carbonyl (C=O) groups excluding carboxylic acids is 1. The Bertz CT molecular complexity index is 1340. The first-order valence-corrected chi connectivity index (χ1v) is 9.85. The molecule has 8 nitrogen and oxygen atoms in total. The fourth-order valence-corrected chi connectivity index (χ4v) is 3.19. The van der Waals surface area contributed by atoms with Crippen LogP contribution in [0.15, 0.2) is 53.2 Å². The molecule has 0 aliphatic carbocycles. The molecule has 2 aromatic carbocycles. The summed E-state index contributed by atoms with van der Waals surface area (Å²) in [5.41, 5.74) is 2.69. The van der Waals surface area contributed by atoms with Gasteiger partial charge in [-0.15, -0.1) is 0 Å². The van der Waals surface area contributed by atoms with Gasteiger partial charge in [-0.2, -0.15) is 5.26 Å². The maximum Gasteiger partial charge on any atom is 0.230 e. The van der Waals surface area contributed by atoms with Crippen molar-refractivity contribution in [2.75, 3.05) is 12.4 Å². The predicted octanol–water partition coefficient (Wildman–Crippen LogP) is 4.69. The van der Waals surface area contributed by atoms with Gasteiger partial charge in [-0.25, -0.2) is 0 Å². The highest BCUT2D eigenvalue weighted by atomic mass is 16.5. The summed E-state index contributed by atoms with van der Waals surface area (Å²) in [5, 5.41) is 16.7. The number of benzene rings is 2. The average Bonchev–Trinajstić information content (AvgIpc) is 3.11. The normalized spacial score (nSPS) is 10.6. The van der Waals surface area contributed by atoms with Crippen LogP contribution in [0.5, 0.6) is 17.2 Å². The minimum atomic E-state index is -0.187. The van der Waals surface area contributed by atoms with E-state index in [1.165, 1.54) is 7.11 Å². The molecule has 0 radical (unpaired) electrons. The minimum Gasteiger partial charge on any atom is -0.495 e. The van der Waals surface area contributed by atoms with Gasteiger partial charge in [-0.3, -0.25) is 9.78 Å². The lowest BCUT2D eigenvalue weighted by molar-refractivity contribution is -0.115. The average molecular weight is 428 g/mol. The smallest absolute Gasteiger partial charge is 0.230 e. The molecule has 160 valence electrons. The second-order valence-electron chi connectivity index (χ2n) is 7.17. The predicted molar refractivity (Wildman–Crippen MR) is 118 cm³/mol. The fourth-order valence-electron chi connectivity index (χ4n) is 3.19. The number of anilines is 1. The monoisotopic (exact) mass is 428 g/mol. The zero-order chi connectivity index (χ0) is 22.7. The Kier molecular flexibility index (Phi) is 5.73. The summed E-state index contributed by atoms with van der Waals surface area (Å²) in [4.78, 5) is 16.6. The fraction of sp³-hybridized carbons (Fsp3) is 0.167.